The Morgan fingerprint density at radius 2 is 1.85 bits per heavy atom. The number of halogens is 3. The highest BCUT2D eigenvalue weighted by Crippen LogP contribution is 2.35. The van der Waals surface area contributed by atoms with Gasteiger partial charge in [0.2, 0.25) is 11.8 Å². The summed E-state index contributed by atoms with van der Waals surface area (Å²) in [5, 5.41) is 2.92. The van der Waals surface area contributed by atoms with Gasteiger partial charge in [-0.2, -0.15) is 18.2 Å². The van der Waals surface area contributed by atoms with Crippen molar-refractivity contribution in [1.82, 2.24) is 9.97 Å². The van der Waals surface area contributed by atoms with Crippen molar-refractivity contribution in [2.24, 2.45) is 5.92 Å². The van der Waals surface area contributed by atoms with Gasteiger partial charge in [-0.25, -0.2) is 4.98 Å². The predicted octanol–water partition coefficient (Wildman–Crippen LogP) is 5.62. The molecule has 0 saturated carbocycles. The molecule has 1 aromatic carbocycles. The number of anilines is 2. The van der Waals surface area contributed by atoms with E-state index in [2.05, 4.69) is 22.2 Å². The third-order valence-electron chi connectivity index (χ3n) is 3.64. The van der Waals surface area contributed by atoms with Gasteiger partial charge in [0.25, 0.3) is 0 Å². The second-order valence-electron chi connectivity index (χ2n) is 6.54. The molecule has 1 N–H and O–H groups in total. The molecule has 0 amide bonds. The van der Waals surface area contributed by atoms with Gasteiger partial charge in [-0.05, 0) is 36.5 Å². The zero-order chi connectivity index (χ0) is 19.2. The first-order valence-electron chi connectivity index (χ1n) is 8.72. The van der Waals surface area contributed by atoms with Crippen molar-refractivity contribution in [3.8, 4) is 5.88 Å². The van der Waals surface area contributed by atoms with Crippen LogP contribution in [0.1, 0.15) is 44.7 Å². The fourth-order valence-electron chi connectivity index (χ4n) is 2.24. The molecule has 26 heavy (non-hydrogen) atoms. The van der Waals surface area contributed by atoms with Crippen LogP contribution in [0.2, 0.25) is 0 Å². The summed E-state index contributed by atoms with van der Waals surface area (Å²) in [6.45, 7) is 5.99. The van der Waals surface area contributed by atoms with Gasteiger partial charge >= 0.3 is 6.18 Å². The number of aromatic nitrogens is 2. The second-order valence-corrected chi connectivity index (χ2v) is 6.54. The van der Waals surface area contributed by atoms with E-state index in [4.69, 9.17) is 4.74 Å². The lowest BCUT2D eigenvalue weighted by atomic mass is 10.1. The van der Waals surface area contributed by atoms with Crippen LogP contribution in [0.5, 0.6) is 5.88 Å². The van der Waals surface area contributed by atoms with Gasteiger partial charge in [0.15, 0.2) is 0 Å². The Bertz CT molecular complexity index is 700. The molecule has 0 aliphatic carbocycles. The monoisotopic (exact) mass is 367 g/mol. The lowest BCUT2D eigenvalue weighted by Gasteiger charge is -2.15. The fraction of sp³-hybridized carbons (Fsp3) is 0.474. The van der Waals surface area contributed by atoms with Crippen molar-refractivity contribution in [2.45, 2.75) is 46.2 Å². The van der Waals surface area contributed by atoms with Crippen LogP contribution in [0, 0.1) is 5.92 Å². The van der Waals surface area contributed by atoms with Crippen molar-refractivity contribution in [3.63, 3.8) is 0 Å². The minimum Gasteiger partial charge on any atom is -0.477 e. The molecule has 0 radical (unpaired) electrons. The van der Waals surface area contributed by atoms with E-state index in [9.17, 15) is 13.2 Å². The van der Waals surface area contributed by atoms with E-state index in [1.807, 2.05) is 38.1 Å². The third-order valence-corrected chi connectivity index (χ3v) is 3.64. The van der Waals surface area contributed by atoms with Crippen molar-refractivity contribution < 1.29 is 17.9 Å². The Labute approximate surface area is 151 Å². The lowest BCUT2D eigenvalue weighted by molar-refractivity contribution is -0.139. The van der Waals surface area contributed by atoms with Crippen LogP contribution < -0.4 is 10.1 Å². The molecule has 4 nitrogen and oxygen atoms in total. The quantitative estimate of drug-likeness (QED) is 0.658. The maximum Gasteiger partial charge on any atom is 0.423 e. The zero-order valence-corrected chi connectivity index (χ0v) is 15.2. The molecule has 2 aromatic rings. The van der Waals surface area contributed by atoms with E-state index in [0.717, 1.165) is 25.5 Å². The van der Waals surface area contributed by atoms with Crippen molar-refractivity contribution in [1.29, 1.82) is 0 Å². The molecule has 0 aliphatic rings. The Hall–Kier alpha value is -2.31. The Morgan fingerprint density at radius 3 is 2.42 bits per heavy atom. The van der Waals surface area contributed by atoms with Crippen LogP contribution in [0.25, 0.3) is 0 Å². The van der Waals surface area contributed by atoms with Gasteiger partial charge in [0, 0.05) is 11.9 Å². The van der Waals surface area contributed by atoms with E-state index in [0.29, 0.717) is 5.69 Å². The molecule has 0 bridgehead atoms. The van der Waals surface area contributed by atoms with Gasteiger partial charge in [-0.3, -0.25) is 0 Å². The fourth-order valence-corrected chi connectivity index (χ4v) is 2.24. The van der Waals surface area contributed by atoms with Gasteiger partial charge in [0.1, 0.15) is 5.56 Å². The smallest absolute Gasteiger partial charge is 0.423 e. The highest BCUT2D eigenvalue weighted by Gasteiger charge is 2.36. The average Bonchev–Trinajstić information content (AvgIpc) is 2.58. The highest BCUT2D eigenvalue weighted by molar-refractivity contribution is 5.54. The number of nitrogens with zero attached hydrogens (tertiary/aromatic N) is 2. The number of hydrogen-bond donors (Lipinski definition) is 1. The molecule has 7 heteroatoms. The van der Waals surface area contributed by atoms with Crippen LogP contribution in [0.4, 0.5) is 24.8 Å². The largest absolute Gasteiger partial charge is 0.477 e. The summed E-state index contributed by atoms with van der Waals surface area (Å²) in [7, 11) is 0. The number of ether oxygens (including phenoxy) is 1. The predicted molar refractivity (Wildman–Crippen MR) is 95.7 cm³/mol. The molecule has 142 valence electrons. The van der Waals surface area contributed by atoms with Crippen molar-refractivity contribution in [2.75, 3.05) is 11.9 Å². The summed E-state index contributed by atoms with van der Waals surface area (Å²) in [4.78, 5) is 7.69. The molecule has 0 saturated heterocycles. The number of rotatable bonds is 8. The summed E-state index contributed by atoms with van der Waals surface area (Å²) in [6.07, 6.45) is -0.572. The van der Waals surface area contributed by atoms with E-state index < -0.39 is 17.6 Å². The number of unbranched alkanes of at least 4 members (excludes halogenated alkanes) is 1. The molecule has 0 spiro atoms. The molecule has 1 heterocycles. The van der Waals surface area contributed by atoms with Crippen LogP contribution >= 0.6 is 0 Å². The number of alkyl halides is 3. The zero-order valence-electron chi connectivity index (χ0n) is 15.2. The molecule has 0 atom stereocenters. The molecule has 0 unspecified atom stereocenters. The molecule has 1 aromatic heterocycles. The van der Waals surface area contributed by atoms with E-state index in [1.54, 1.807) is 0 Å². The Kier molecular flexibility index (Phi) is 6.83. The summed E-state index contributed by atoms with van der Waals surface area (Å²) >= 11 is 0. The third kappa shape index (κ3) is 5.89. The van der Waals surface area contributed by atoms with Crippen molar-refractivity contribution in [3.05, 3.63) is 41.6 Å². The minimum atomic E-state index is -4.56. The number of hydrogen-bond acceptors (Lipinski definition) is 4. The molecule has 0 fully saturated rings. The molecule has 2 rings (SSSR count). The van der Waals surface area contributed by atoms with Gasteiger partial charge in [0.05, 0.1) is 6.61 Å². The first-order valence-corrected chi connectivity index (χ1v) is 8.72. The summed E-state index contributed by atoms with van der Waals surface area (Å²) < 4.78 is 44.5. The summed E-state index contributed by atoms with van der Waals surface area (Å²) in [6, 6.07) is 7.69. The number of nitrogens with one attached hydrogen (secondary N) is 1. The van der Waals surface area contributed by atoms with E-state index in [-0.39, 0.29) is 18.5 Å². The molecule has 0 aliphatic heterocycles. The summed E-state index contributed by atoms with van der Waals surface area (Å²) in [5.74, 6) is -0.306. The van der Waals surface area contributed by atoms with Gasteiger partial charge < -0.3 is 10.1 Å². The Balaban J connectivity index is 2.17. The topological polar surface area (TPSA) is 47.0 Å². The maximum atomic E-state index is 13.1. The average molecular weight is 367 g/mol. The SMILES string of the molecule is CCCCc1ccc(Nc2ncc(C(F)(F)F)c(OCC(C)C)n2)cc1. The van der Waals surface area contributed by atoms with E-state index >= 15 is 0 Å². The normalized spacial score (nSPS) is 11.7. The second kappa shape index (κ2) is 8.87. The molecular formula is C19H24F3N3O. The summed E-state index contributed by atoms with van der Waals surface area (Å²) in [5.41, 5.74) is 0.949. The first kappa shape index (κ1) is 20.0. The first-order chi connectivity index (χ1) is 12.3. The van der Waals surface area contributed by atoms with Crippen LogP contribution in [-0.4, -0.2) is 16.6 Å². The van der Waals surface area contributed by atoms with Crippen LogP contribution in [0.15, 0.2) is 30.5 Å². The maximum absolute atomic E-state index is 13.1. The highest BCUT2D eigenvalue weighted by atomic mass is 19.4. The Morgan fingerprint density at radius 1 is 1.15 bits per heavy atom. The van der Waals surface area contributed by atoms with Crippen LogP contribution in [-0.2, 0) is 12.6 Å². The number of aryl methyl sites for hydroxylation is 1. The van der Waals surface area contributed by atoms with Gasteiger partial charge in [-0.1, -0.05) is 39.3 Å². The number of benzene rings is 1. The van der Waals surface area contributed by atoms with Gasteiger partial charge in [-0.15, -0.1) is 0 Å². The molecular weight excluding hydrogens is 343 g/mol. The minimum absolute atomic E-state index is 0.0677. The van der Waals surface area contributed by atoms with Crippen molar-refractivity contribution >= 4 is 11.6 Å². The van der Waals surface area contributed by atoms with E-state index in [1.165, 1.54) is 5.56 Å². The lowest BCUT2D eigenvalue weighted by Crippen LogP contribution is -2.14. The van der Waals surface area contributed by atoms with Crippen LogP contribution in [0.3, 0.4) is 0 Å². The standard InChI is InChI=1S/C19H24F3N3O/c1-4-5-6-14-7-9-15(10-8-14)24-18-23-11-16(19(20,21)22)17(25-18)26-12-13(2)3/h7-11,13H,4-6,12H2,1-3H3,(H,23,24,25).